The van der Waals surface area contributed by atoms with Crippen LogP contribution in [0.2, 0.25) is 0 Å². The molecule has 2 aromatic heterocycles. The highest BCUT2D eigenvalue weighted by Gasteiger charge is 2.17. The number of hydrogen-bond acceptors (Lipinski definition) is 7. The molecule has 7 nitrogen and oxygen atoms in total. The summed E-state index contributed by atoms with van der Waals surface area (Å²) in [5.41, 5.74) is 2.43. The third-order valence-corrected chi connectivity index (χ3v) is 4.46. The molecule has 0 radical (unpaired) electrons. The standard InChI is InChI=1S/C16H14N4O3S/c1-9-5-10(2)20-15(17-9)18-16(19-20)24-7-12(21)11-3-4-13-14(6-11)23-8-22-13/h3-6H,7-8H2,1-2H3. The molecular weight excluding hydrogens is 328 g/mol. The number of thioether (sulfide) groups is 1. The Hall–Kier alpha value is -2.61. The van der Waals surface area contributed by atoms with Crippen molar-refractivity contribution in [2.24, 2.45) is 0 Å². The van der Waals surface area contributed by atoms with Gasteiger partial charge in [0.15, 0.2) is 17.3 Å². The maximum atomic E-state index is 12.4. The van der Waals surface area contributed by atoms with Crippen molar-refractivity contribution >= 4 is 23.3 Å². The summed E-state index contributed by atoms with van der Waals surface area (Å²) in [6.07, 6.45) is 0. The van der Waals surface area contributed by atoms with Gasteiger partial charge in [0.1, 0.15) is 0 Å². The normalized spacial score (nSPS) is 12.8. The molecule has 0 saturated heterocycles. The molecule has 0 amide bonds. The van der Waals surface area contributed by atoms with E-state index in [0.29, 0.717) is 28.0 Å². The Morgan fingerprint density at radius 1 is 1.21 bits per heavy atom. The maximum Gasteiger partial charge on any atom is 0.253 e. The highest BCUT2D eigenvalue weighted by Crippen LogP contribution is 2.33. The van der Waals surface area contributed by atoms with Crippen LogP contribution in [0.1, 0.15) is 21.7 Å². The lowest BCUT2D eigenvalue weighted by atomic mass is 10.1. The van der Waals surface area contributed by atoms with Crippen LogP contribution < -0.4 is 9.47 Å². The van der Waals surface area contributed by atoms with Crippen LogP contribution in [0.15, 0.2) is 29.4 Å². The zero-order chi connectivity index (χ0) is 16.7. The van der Waals surface area contributed by atoms with Crippen molar-refractivity contribution in [3.63, 3.8) is 0 Å². The van der Waals surface area contributed by atoms with E-state index in [4.69, 9.17) is 9.47 Å². The Morgan fingerprint density at radius 2 is 2.04 bits per heavy atom. The van der Waals surface area contributed by atoms with Crippen molar-refractivity contribution in [1.82, 2.24) is 19.6 Å². The molecular formula is C16H14N4O3S. The fourth-order valence-corrected chi connectivity index (χ4v) is 3.20. The van der Waals surface area contributed by atoms with Crippen LogP contribution >= 0.6 is 11.8 Å². The first kappa shape index (κ1) is 14.9. The lowest BCUT2D eigenvalue weighted by Crippen LogP contribution is -2.02. The summed E-state index contributed by atoms with van der Waals surface area (Å²) < 4.78 is 12.2. The van der Waals surface area contributed by atoms with Gasteiger partial charge in [-0.1, -0.05) is 11.8 Å². The van der Waals surface area contributed by atoms with Gasteiger partial charge in [0, 0.05) is 17.0 Å². The van der Waals surface area contributed by atoms with Crippen molar-refractivity contribution in [2.75, 3.05) is 12.5 Å². The smallest absolute Gasteiger partial charge is 0.253 e. The molecule has 0 atom stereocenters. The molecule has 1 aliphatic rings. The minimum Gasteiger partial charge on any atom is -0.454 e. The number of ketones is 1. The van der Waals surface area contributed by atoms with Gasteiger partial charge in [0.25, 0.3) is 5.78 Å². The van der Waals surface area contributed by atoms with Crippen molar-refractivity contribution in [2.45, 2.75) is 19.0 Å². The van der Waals surface area contributed by atoms with Crippen molar-refractivity contribution in [3.05, 3.63) is 41.2 Å². The van der Waals surface area contributed by atoms with E-state index in [2.05, 4.69) is 15.1 Å². The van der Waals surface area contributed by atoms with E-state index < -0.39 is 0 Å². The van der Waals surface area contributed by atoms with Crippen LogP contribution in [0, 0.1) is 13.8 Å². The Bertz CT molecular complexity index is 954. The van der Waals surface area contributed by atoms with E-state index in [1.54, 1.807) is 22.7 Å². The number of carbonyl (C=O) groups is 1. The number of aromatic nitrogens is 4. The second-order valence-electron chi connectivity index (χ2n) is 5.42. The van der Waals surface area contributed by atoms with E-state index >= 15 is 0 Å². The Morgan fingerprint density at radius 3 is 2.92 bits per heavy atom. The van der Waals surface area contributed by atoms with Crippen LogP contribution in [-0.4, -0.2) is 37.9 Å². The number of aryl methyl sites for hydroxylation is 2. The third kappa shape index (κ3) is 2.69. The van der Waals surface area contributed by atoms with Crippen molar-refractivity contribution in [3.8, 4) is 11.5 Å². The quantitative estimate of drug-likeness (QED) is 0.532. The summed E-state index contributed by atoms with van der Waals surface area (Å²) in [4.78, 5) is 21.1. The van der Waals surface area contributed by atoms with Crippen molar-refractivity contribution < 1.29 is 14.3 Å². The predicted molar refractivity (Wildman–Crippen MR) is 87.9 cm³/mol. The highest BCUT2D eigenvalue weighted by molar-refractivity contribution is 7.99. The molecule has 0 fully saturated rings. The lowest BCUT2D eigenvalue weighted by Gasteiger charge is -2.01. The van der Waals surface area contributed by atoms with Crippen LogP contribution in [-0.2, 0) is 0 Å². The molecule has 0 spiro atoms. The lowest BCUT2D eigenvalue weighted by molar-refractivity contribution is 0.102. The number of nitrogens with zero attached hydrogens (tertiary/aromatic N) is 4. The first-order valence-electron chi connectivity index (χ1n) is 7.37. The minimum atomic E-state index is -0.0157. The number of Topliss-reactive ketones (excluding diaryl/α,β-unsaturated/α-hetero) is 1. The molecule has 3 aromatic rings. The van der Waals surface area contributed by atoms with E-state index in [0.717, 1.165) is 11.4 Å². The van der Waals surface area contributed by atoms with Crippen LogP contribution in [0.4, 0.5) is 0 Å². The summed E-state index contributed by atoms with van der Waals surface area (Å²) in [7, 11) is 0. The molecule has 0 unspecified atom stereocenters. The van der Waals surface area contributed by atoms with Gasteiger partial charge in [-0.2, -0.15) is 4.98 Å². The molecule has 8 heteroatoms. The molecule has 122 valence electrons. The van der Waals surface area contributed by atoms with Gasteiger partial charge >= 0.3 is 0 Å². The topological polar surface area (TPSA) is 78.6 Å². The second kappa shape index (κ2) is 5.79. The molecule has 0 N–H and O–H groups in total. The molecule has 0 saturated carbocycles. The summed E-state index contributed by atoms with van der Waals surface area (Å²) in [6.45, 7) is 4.05. The van der Waals surface area contributed by atoms with E-state index in [9.17, 15) is 4.79 Å². The molecule has 0 aliphatic carbocycles. The van der Waals surface area contributed by atoms with Gasteiger partial charge in [-0.05, 0) is 38.1 Å². The zero-order valence-corrected chi connectivity index (χ0v) is 14.0. The summed E-state index contributed by atoms with van der Waals surface area (Å²) in [5.74, 6) is 2.04. The first-order chi connectivity index (χ1) is 11.6. The Kier molecular flexibility index (Phi) is 3.61. The van der Waals surface area contributed by atoms with Crippen LogP contribution in [0.3, 0.4) is 0 Å². The van der Waals surface area contributed by atoms with Gasteiger partial charge < -0.3 is 9.47 Å². The summed E-state index contributed by atoms with van der Waals surface area (Å²) in [5, 5.41) is 4.92. The van der Waals surface area contributed by atoms with Gasteiger partial charge in [0.05, 0.1) is 5.75 Å². The van der Waals surface area contributed by atoms with E-state index in [-0.39, 0.29) is 18.3 Å². The molecule has 0 bridgehead atoms. The highest BCUT2D eigenvalue weighted by atomic mass is 32.2. The number of fused-ring (bicyclic) bond motifs is 2. The average molecular weight is 342 g/mol. The molecule has 4 rings (SSSR count). The number of carbonyl (C=O) groups excluding carboxylic acids is 1. The fraction of sp³-hybridized carbons (Fsp3) is 0.250. The van der Waals surface area contributed by atoms with Gasteiger partial charge in [-0.25, -0.2) is 9.50 Å². The molecule has 3 heterocycles. The number of hydrogen-bond donors (Lipinski definition) is 0. The van der Waals surface area contributed by atoms with Gasteiger partial charge in [-0.3, -0.25) is 4.79 Å². The average Bonchev–Trinajstić information content (AvgIpc) is 3.17. The SMILES string of the molecule is Cc1cc(C)n2nc(SCC(=O)c3ccc4c(c3)OCO4)nc2n1. The van der Waals surface area contributed by atoms with Gasteiger partial charge in [0.2, 0.25) is 11.9 Å². The second-order valence-corrected chi connectivity index (χ2v) is 6.37. The predicted octanol–water partition coefficient (Wildman–Crippen LogP) is 2.44. The monoisotopic (exact) mass is 342 g/mol. The summed E-state index contributed by atoms with van der Waals surface area (Å²) in [6, 6.07) is 7.13. The largest absolute Gasteiger partial charge is 0.454 e. The first-order valence-corrected chi connectivity index (χ1v) is 8.35. The number of benzene rings is 1. The summed E-state index contributed by atoms with van der Waals surface area (Å²) >= 11 is 1.29. The molecule has 1 aliphatic heterocycles. The van der Waals surface area contributed by atoms with E-state index in [1.807, 2.05) is 19.9 Å². The number of rotatable bonds is 4. The van der Waals surface area contributed by atoms with E-state index in [1.165, 1.54) is 11.8 Å². The Labute approximate surface area is 142 Å². The number of ether oxygens (including phenoxy) is 2. The Balaban J connectivity index is 1.50. The minimum absolute atomic E-state index is 0.0157. The van der Waals surface area contributed by atoms with Crippen LogP contribution in [0.25, 0.3) is 5.78 Å². The zero-order valence-electron chi connectivity index (χ0n) is 13.1. The third-order valence-electron chi connectivity index (χ3n) is 3.63. The molecule has 1 aromatic carbocycles. The van der Waals surface area contributed by atoms with Gasteiger partial charge in [-0.15, -0.1) is 5.10 Å². The van der Waals surface area contributed by atoms with Crippen molar-refractivity contribution in [1.29, 1.82) is 0 Å². The molecule has 24 heavy (non-hydrogen) atoms. The van der Waals surface area contributed by atoms with Crippen LogP contribution in [0.5, 0.6) is 11.5 Å². The fourth-order valence-electron chi connectivity index (χ4n) is 2.49. The maximum absolute atomic E-state index is 12.4.